The molecule has 0 aliphatic carbocycles. The minimum absolute atomic E-state index is 0.0491. The molecule has 0 saturated carbocycles. The van der Waals surface area contributed by atoms with Crippen molar-refractivity contribution in [3.63, 3.8) is 0 Å². The third-order valence-electron chi connectivity index (χ3n) is 2.75. The first-order valence-corrected chi connectivity index (χ1v) is 7.42. The smallest absolute Gasteiger partial charge is 0.136 e. The van der Waals surface area contributed by atoms with E-state index in [-0.39, 0.29) is 5.41 Å². The largest absolute Gasteiger partial charge is 0.370 e. The van der Waals surface area contributed by atoms with Crippen LogP contribution < -0.4 is 5.32 Å². The molecule has 0 amide bonds. The number of hydrogen-bond donors (Lipinski definition) is 1. The van der Waals surface area contributed by atoms with Crippen molar-refractivity contribution < 1.29 is 0 Å². The quantitative estimate of drug-likeness (QED) is 0.910. The van der Waals surface area contributed by atoms with Crippen LogP contribution in [0.1, 0.15) is 38.4 Å². The SMILES string of the molecule is CCNc1cc(-c2ccc(C)s2)nc(C(C)(C)C)n1. The van der Waals surface area contributed by atoms with E-state index >= 15 is 0 Å². The zero-order chi connectivity index (χ0) is 14.0. The number of hydrogen-bond acceptors (Lipinski definition) is 4. The van der Waals surface area contributed by atoms with Gasteiger partial charge in [-0.15, -0.1) is 11.3 Å². The Labute approximate surface area is 119 Å². The van der Waals surface area contributed by atoms with E-state index in [0.29, 0.717) is 0 Å². The van der Waals surface area contributed by atoms with Gasteiger partial charge in [0, 0.05) is 22.9 Å². The third-order valence-corrected chi connectivity index (χ3v) is 3.77. The Morgan fingerprint density at radius 2 is 1.95 bits per heavy atom. The van der Waals surface area contributed by atoms with Crippen molar-refractivity contribution >= 4 is 17.2 Å². The average Bonchev–Trinajstić information content (AvgIpc) is 2.75. The highest BCUT2D eigenvalue weighted by molar-refractivity contribution is 7.15. The summed E-state index contributed by atoms with van der Waals surface area (Å²) in [6.07, 6.45) is 0. The molecule has 2 heterocycles. The summed E-state index contributed by atoms with van der Waals surface area (Å²) in [6.45, 7) is 11.5. The summed E-state index contributed by atoms with van der Waals surface area (Å²) in [5.74, 6) is 1.79. The molecule has 0 aliphatic rings. The van der Waals surface area contributed by atoms with Gasteiger partial charge in [0.25, 0.3) is 0 Å². The summed E-state index contributed by atoms with van der Waals surface area (Å²) in [4.78, 5) is 11.8. The number of nitrogens with zero attached hydrogens (tertiary/aromatic N) is 2. The lowest BCUT2D eigenvalue weighted by atomic mass is 9.95. The molecule has 0 spiro atoms. The van der Waals surface area contributed by atoms with Crippen molar-refractivity contribution in [3.05, 3.63) is 28.9 Å². The van der Waals surface area contributed by atoms with Gasteiger partial charge in [-0.2, -0.15) is 0 Å². The van der Waals surface area contributed by atoms with E-state index in [1.54, 1.807) is 11.3 Å². The van der Waals surface area contributed by atoms with Gasteiger partial charge >= 0.3 is 0 Å². The molecule has 19 heavy (non-hydrogen) atoms. The molecule has 4 heteroatoms. The van der Waals surface area contributed by atoms with E-state index in [2.05, 4.69) is 57.1 Å². The van der Waals surface area contributed by atoms with Crippen molar-refractivity contribution in [1.82, 2.24) is 9.97 Å². The maximum atomic E-state index is 4.73. The lowest BCUT2D eigenvalue weighted by Crippen LogP contribution is -2.17. The number of aromatic nitrogens is 2. The van der Waals surface area contributed by atoms with Crippen LogP contribution in [-0.2, 0) is 5.41 Å². The predicted molar refractivity (Wildman–Crippen MR) is 82.9 cm³/mol. The molecule has 1 N–H and O–H groups in total. The van der Waals surface area contributed by atoms with E-state index in [1.807, 2.05) is 6.07 Å². The van der Waals surface area contributed by atoms with Gasteiger partial charge in [0.2, 0.25) is 0 Å². The second-order valence-corrected chi connectivity index (χ2v) is 6.94. The van der Waals surface area contributed by atoms with Crippen molar-refractivity contribution in [2.45, 2.75) is 40.0 Å². The maximum absolute atomic E-state index is 4.73. The van der Waals surface area contributed by atoms with Crippen LogP contribution in [0.25, 0.3) is 10.6 Å². The van der Waals surface area contributed by atoms with Gasteiger partial charge in [-0.1, -0.05) is 20.8 Å². The van der Waals surface area contributed by atoms with Crippen LogP contribution in [0.5, 0.6) is 0 Å². The van der Waals surface area contributed by atoms with Crippen LogP contribution in [0, 0.1) is 6.92 Å². The topological polar surface area (TPSA) is 37.8 Å². The Balaban J connectivity index is 2.51. The van der Waals surface area contributed by atoms with Gasteiger partial charge in [-0.25, -0.2) is 9.97 Å². The fraction of sp³-hybridized carbons (Fsp3) is 0.467. The molecule has 0 unspecified atom stereocenters. The van der Waals surface area contributed by atoms with Crippen LogP contribution in [0.3, 0.4) is 0 Å². The minimum atomic E-state index is -0.0491. The molecule has 2 rings (SSSR count). The summed E-state index contributed by atoms with van der Waals surface area (Å²) in [5.41, 5.74) is 0.959. The molecule has 102 valence electrons. The first-order chi connectivity index (χ1) is 8.90. The standard InChI is InChI=1S/C15H21N3S/c1-6-16-13-9-11(12-8-7-10(2)19-12)17-14(18-13)15(3,4)5/h7-9H,6H2,1-5H3,(H,16,17,18). The first kappa shape index (κ1) is 14.0. The highest BCUT2D eigenvalue weighted by Crippen LogP contribution is 2.29. The van der Waals surface area contributed by atoms with Gasteiger partial charge in [0.05, 0.1) is 10.6 Å². The Morgan fingerprint density at radius 3 is 2.47 bits per heavy atom. The second-order valence-electron chi connectivity index (χ2n) is 5.65. The molecule has 3 nitrogen and oxygen atoms in total. The number of thiophene rings is 1. The van der Waals surface area contributed by atoms with Crippen molar-refractivity contribution in [2.24, 2.45) is 0 Å². The Morgan fingerprint density at radius 1 is 1.21 bits per heavy atom. The average molecular weight is 275 g/mol. The third kappa shape index (κ3) is 3.32. The zero-order valence-corrected chi connectivity index (χ0v) is 13.1. The molecule has 0 radical (unpaired) electrons. The van der Waals surface area contributed by atoms with Crippen LogP contribution in [0.4, 0.5) is 5.82 Å². The van der Waals surface area contributed by atoms with Crippen LogP contribution >= 0.6 is 11.3 Å². The molecule has 2 aromatic rings. The lowest BCUT2D eigenvalue weighted by Gasteiger charge is -2.18. The van der Waals surface area contributed by atoms with Gasteiger partial charge in [-0.3, -0.25) is 0 Å². The molecule has 0 aromatic carbocycles. The molecule has 0 saturated heterocycles. The lowest BCUT2D eigenvalue weighted by molar-refractivity contribution is 0.547. The second kappa shape index (κ2) is 5.29. The predicted octanol–water partition coefficient (Wildman–Crippen LogP) is 4.24. The summed E-state index contributed by atoms with van der Waals surface area (Å²) in [5, 5.41) is 3.29. The van der Waals surface area contributed by atoms with E-state index in [9.17, 15) is 0 Å². The summed E-state index contributed by atoms with van der Waals surface area (Å²) < 4.78 is 0. The van der Waals surface area contributed by atoms with Crippen molar-refractivity contribution in [3.8, 4) is 10.6 Å². The van der Waals surface area contributed by atoms with Gasteiger partial charge in [-0.05, 0) is 26.0 Å². The highest BCUT2D eigenvalue weighted by Gasteiger charge is 2.19. The highest BCUT2D eigenvalue weighted by atomic mass is 32.1. The molecule has 2 aromatic heterocycles. The fourth-order valence-corrected chi connectivity index (χ4v) is 2.58. The Kier molecular flexibility index (Phi) is 3.90. The number of rotatable bonds is 3. The molecule has 0 atom stereocenters. The number of nitrogens with one attached hydrogen (secondary N) is 1. The maximum Gasteiger partial charge on any atom is 0.136 e. The summed E-state index contributed by atoms with van der Waals surface area (Å²) in [7, 11) is 0. The molecule has 0 bridgehead atoms. The first-order valence-electron chi connectivity index (χ1n) is 6.60. The normalized spacial score (nSPS) is 11.6. The molecule has 0 fully saturated rings. The van der Waals surface area contributed by atoms with Gasteiger partial charge in [0.1, 0.15) is 11.6 Å². The Bertz CT molecular complexity index is 567. The summed E-state index contributed by atoms with van der Waals surface area (Å²) in [6, 6.07) is 6.29. The number of anilines is 1. The molecular formula is C15H21N3S. The number of aryl methyl sites for hydroxylation is 1. The minimum Gasteiger partial charge on any atom is -0.370 e. The van der Waals surface area contributed by atoms with Crippen LogP contribution in [0.2, 0.25) is 0 Å². The fourth-order valence-electron chi connectivity index (χ4n) is 1.75. The van der Waals surface area contributed by atoms with E-state index in [1.165, 1.54) is 9.75 Å². The van der Waals surface area contributed by atoms with Crippen LogP contribution in [-0.4, -0.2) is 16.5 Å². The monoisotopic (exact) mass is 275 g/mol. The zero-order valence-electron chi connectivity index (χ0n) is 12.2. The van der Waals surface area contributed by atoms with Crippen molar-refractivity contribution in [2.75, 3.05) is 11.9 Å². The van der Waals surface area contributed by atoms with Crippen LogP contribution in [0.15, 0.2) is 18.2 Å². The van der Waals surface area contributed by atoms with E-state index in [4.69, 9.17) is 4.98 Å². The molecular weight excluding hydrogens is 254 g/mol. The van der Waals surface area contributed by atoms with Gasteiger partial charge in [0.15, 0.2) is 0 Å². The molecule has 0 aliphatic heterocycles. The van der Waals surface area contributed by atoms with Gasteiger partial charge < -0.3 is 5.32 Å². The van der Waals surface area contributed by atoms with E-state index in [0.717, 1.165) is 23.9 Å². The summed E-state index contributed by atoms with van der Waals surface area (Å²) >= 11 is 1.77. The van der Waals surface area contributed by atoms with E-state index < -0.39 is 0 Å². The van der Waals surface area contributed by atoms with Crippen molar-refractivity contribution in [1.29, 1.82) is 0 Å². The Hall–Kier alpha value is -1.42.